The monoisotopic (exact) mass is 1490 g/mol. The summed E-state index contributed by atoms with van der Waals surface area (Å²) in [5.41, 5.74) is -0.752. The summed E-state index contributed by atoms with van der Waals surface area (Å²) in [5.74, 6) is -1.49. The molecule has 0 aromatic carbocycles. The van der Waals surface area contributed by atoms with Crippen molar-refractivity contribution in [3.63, 3.8) is 0 Å². The quantitative estimate of drug-likeness (QED) is 0.0234. The molecule has 552 valence electrons. The van der Waals surface area contributed by atoms with Crippen molar-refractivity contribution >= 4 is 80.5 Å². The molecule has 0 saturated carbocycles. The van der Waals surface area contributed by atoms with E-state index in [9.17, 15) is 70.0 Å². The Labute approximate surface area is 569 Å². The lowest BCUT2D eigenvalue weighted by molar-refractivity contribution is -0.282. The minimum Gasteiger partial charge on any atom is -0.780 e. The van der Waals surface area contributed by atoms with Crippen molar-refractivity contribution in [2.45, 2.75) is 228 Å². The fraction of sp³-hybridized carbons (Fsp3) is 0.982. The summed E-state index contributed by atoms with van der Waals surface area (Å²) in [6.07, 6.45) is -3.45. The third kappa shape index (κ3) is 33.7. The molecule has 30 nitrogen and oxygen atoms in total. The van der Waals surface area contributed by atoms with Crippen LogP contribution in [0.25, 0.3) is 0 Å². The number of carbonyl (C=O) groups is 1. The van der Waals surface area contributed by atoms with E-state index in [2.05, 4.69) is 10.2 Å². The van der Waals surface area contributed by atoms with E-state index < -0.39 is 150 Å². The lowest BCUT2D eigenvalue weighted by atomic mass is 9.82. The van der Waals surface area contributed by atoms with Gasteiger partial charge in [-0.2, -0.15) is 0 Å². The van der Waals surface area contributed by atoms with Crippen molar-refractivity contribution in [3.05, 3.63) is 0 Å². The molecule has 0 aliphatic carbocycles. The molecule has 38 heteroatoms. The van der Waals surface area contributed by atoms with Crippen LogP contribution in [0.4, 0.5) is 0 Å². The highest BCUT2D eigenvalue weighted by Crippen LogP contribution is 2.47. The van der Waals surface area contributed by atoms with E-state index in [0.29, 0.717) is 129 Å². The molecule has 3 heterocycles. The second-order valence-electron chi connectivity index (χ2n) is 23.5. The minimum absolute atomic E-state index is 0.00390. The topological polar surface area (TPSA) is 430 Å². The number of unbranched alkanes of at least 4 members (excludes halogenated alkanes) is 9. The number of nitrogens with one attached hydrogen (secondary N) is 1. The van der Waals surface area contributed by atoms with Gasteiger partial charge in [0.15, 0.2) is 25.7 Å². The molecular weight excluding hydrogens is 1390 g/mol. The van der Waals surface area contributed by atoms with Crippen molar-refractivity contribution in [2.75, 3.05) is 107 Å². The van der Waals surface area contributed by atoms with Gasteiger partial charge in [0.05, 0.1) is 78.3 Å². The van der Waals surface area contributed by atoms with Crippen LogP contribution in [0.3, 0.4) is 0 Å². The first-order valence-corrected chi connectivity index (χ1v) is 42.2. The number of ether oxygens (including phenoxy) is 6. The number of rotatable bonds is 53. The minimum atomic E-state index is -3.97. The average molecular weight is 1500 g/mol. The van der Waals surface area contributed by atoms with Gasteiger partial charge in [0.2, 0.25) is 5.91 Å². The molecule has 93 heavy (non-hydrogen) atoms. The van der Waals surface area contributed by atoms with Crippen LogP contribution >= 0.6 is 27.0 Å². The van der Waals surface area contributed by atoms with Gasteiger partial charge < -0.3 is 148 Å². The van der Waals surface area contributed by atoms with E-state index in [4.69, 9.17) is 112 Å². The molecule has 3 rings (SSSR count). The third-order valence-corrected chi connectivity index (χ3v) is 23.0. The molecule has 10 N–H and O–H groups in total. The maximum Gasteiger partial charge on any atom is 0.217 e. The van der Waals surface area contributed by atoms with Crippen LogP contribution in [-0.2, 0) is 122 Å². The van der Waals surface area contributed by atoms with Gasteiger partial charge in [0, 0.05) is 57.8 Å². The molecule has 3 aliphatic heterocycles. The largest absolute Gasteiger partial charge is 0.780 e. The molecule has 0 aromatic rings. The first-order chi connectivity index (χ1) is 44.0. The van der Waals surface area contributed by atoms with Crippen LogP contribution in [0.15, 0.2) is 0 Å². The lowest BCUT2D eigenvalue weighted by Gasteiger charge is -2.44. The molecule has 0 radical (unpaired) electrons. The summed E-state index contributed by atoms with van der Waals surface area (Å²) in [4.78, 5) is 53.0. The molecule has 11 unspecified atom stereocenters. The van der Waals surface area contributed by atoms with Crippen LogP contribution in [0.5, 0.6) is 0 Å². The molecule has 20 atom stereocenters. The Morgan fingerprint density at radius 3 is 1.18 bits per heavy atom. The van der Waals surface area contributed by atoms with Gasteiger partial charge in [-0.05, 0) is 90.5 Å². The van der Waals surface area contributed by atoms with Crippen molar-refractivity contribution < 1.29 is 135 Å². The van der Waals surface area contributed by atoms with Crippen molar-refractivity contribution in [1.82, 2.24) is 10.2 Å². The first-order valence-electron chi connectivity index (χ1n) is 32.0. The highest BCUT2D eigenvalue weighted by atomic mass is 32.7. The van der Waals surface area contributed by atoms with Gasteiger partial charge in [-0.3, -0.25) is 9.36 Å². The zero-order valence-electron chi connectivity index (χ0n) is 54.1. The van der Waals surface area contributed by atoms with Gasteiger partial charge in [-0.1, -0.05) is 87.8 Å². The number of aliphatic hydroxyl groups excluding tert-OH is 9. The number of amides is 1. The Balaban J connectivity index is 1.58. The van der Waals surface area contributed by atoms with E-state index in [0.717, 1.165) is 12.8 Å². The second kappa shape index (κ2) is 46.5. The first kappa shape index (κ1) is 88.1. The normalized spacial score (nSPS) is 30.3. The van der Waals surface area contributed by atoms with Gasteiger partial charge in [0.1, 0.15) is 68.9 Å². The maximum atomic E-state index is 13.4. The Kier molecular flexibility index (Phi) is 44.1. The van der Waals surface area contributed by atoms with Crippen LogP contribution in [0.2, 0.25) is 0 Å². The molecule has 3 aliphatic rings. The zero-order chi connectivity index (χ0) is 69.3. The number of hydrogen-bond acceptors (Lipinski definition) is 33. The fourth-order valence-corrected chi connectivity index (χ4v) is 15.2. The number of nitrogens with zero attached hydrogens (tertiary/aromatic N) is 1. The molecular formula is C55H106N2O28P4S4-4. The van der Waals surface area contributed by atoms with Gasteiger partial charge >= 0.3 is 0 Å². The highest BCUT2D eigenvalue weighted by molar-refractivity contribution is 8.32. The van der Waals surface area contributed by atoms with Crippen molar-refractivity contribution in [1.29, 1.82) is 0 Å². The molecule has 1 amide bonds. The fourth-order valence-electron chi connectivity index (χ4n) is 10.8. The van der Waals surface area contributed by atoms with Crippen LogP contribution < -0.4 is 20.0 Å². The van der Waals surface area contributed by atoms with E-state index in [1.165, 1.54) is 14.0 Å². The SMILES string of the molecule is COP([O-])(=S)OCCCN(C)C(CCCOP(=O)([S-])OCCCCCCO[C@@H]1OC(CO)[C@H](O)[C@H](O)C1C)(CCCOP([O-])(=S)OCCCCCCO[C@@H]1OC(CO)[C@H](O)[C@H](O)C1C)CCCOP([O-])(=S)OCCCCCCO[C@@H]1OC(CO)[C@H](O)[C@H](O)C1NC(C)=O. The number of aliphatic hydroxyl groups is 9. The maximum absolute atomic E-state index is 13.4. The Morgan fingerprint density at radius 1 is 0.495 bits per heavy atom. The Hall–Kier alpha value is 0.920. The molecule has 3 saturated heterocycles. The van der Waals surface area contributed by atoms with Crippen LogP contribution in [0, 0.1) is 11.8 Å². The summed E-state index contributed by atoms with van der Waals surface area (Å²) >= 11 is 20.7. The Bertz CT molecular complexity index is 2160. The standard InChI is InChI=1S/C55H110N2O28P4S4/c1-39-46(62)48(64)42(36-58)83-52(39)73-26-12-6-9-15-29-77-87(69,91)80-32-18-22-55(57(4)25-21-35-76-86(68,90)72-5,23-19-33-81-88(70,92)78-30-16-10-7-13-27-74-53-40(2)47(63)49(65)43(37-59)84-53)24-20-34-82-89(71,93)79-31-17-11-8-14-28-75-54-45(56-41(3)61)51(67)50(66)44(38-60)85-54/h39-40,42-54,58-60,62-67H,6-38H2,1-5H3,(H,56,61)(H,68,90)(H,69,91)(H,70,92)(H,71,93)/p-4/t39?,40?,42?,43?,44?,45?,46-,47-,48+,49+,50+,51-,52-,53-,54-,55?,86?,87?,88?,89?/m1/s1. The highest BCUT2D eigenvalue weighted by Gasteiger charge is 2.46. The molecule has 0 aromatic heterocycles. The van der Waals surface area contributed by atoms with Crippen LogP contribution in [0.1, 0.15) is 143 Å². The number of carbonyl (C=O) groups excluding carboxylic acids is 1. The molecule has 0 bridgehead atoms. The smallest absolute Gasteiger partial charge is 0.217 e. The lowest BCUT2D eigenvalue weighted by Crippen LogP contribution is -2.64. The average Bonchev–Trinajstić information content (AvgIpc) is 0.962. The zero-order valence-corrected chi connectivity index (χ0v) is 61.0. The molecule has 0 spiro atoms. The van der Waals surface area contributed by atoms with E-state index in [-0.39, 0.29) is 52.9 Å². The number of hydrogen-bond donors (Lipinski definition) is 10. The second-order valence-corrected chi connectivity index (χ2v) is 34.7. The summed E-state index contributed by atoms with van der Waals surface area (Å²) in [5, 5.41) is 92.7. The predicted octanol–water partition coefficient (Wildman–Crippen LogP) is 1.38. The predicted molar refractivity (Wildman–Crippen MR) is 347 cm³/mol. The summed E-state index contributed by atoms with van der Waals surface area (Å²) in [6.45, 7) is -11.3. The summed E-state index contributed by atoms with van der Waals surface area (Å²) < 4.78 is 91.4. The van der Waals surface area contributed by atoms with E-state index in [1.807, 2.05) is 7.05 Å². The van der Waals surface area contributed by atoms with Crippen LogP contribution in [-0.4, -0.2) is 249 Å². The summed E-state index contributed by atoms with van der Waals surface area (Å²) in [6, 6.07) is -1.06. The van der Waals surface area contributed by atoms with Gasteiger partial charge in [0.25, 0.3) is 0 Å². The van der Waals surface area contributed by atoms with E-state index in [1.54, 1.807) is 13.8 Å². The molecule has 3 fully saturated rings. The van der Waals surface area contributed by atoms with E-state index >= 15 is 0 Å². The van der Waals surface area contributed by atoms with Gasteiger partial charge in [-0.15, -0.1) is 0 Å². The van der Waals surface area contributed by atoms with Gasteiger partial charge in [-0.25, -0.2) is 0 Å². The summed E-state index contributed by atoms with van der Waals surface area (Å²) in [7, 11) is 3.06. The third-order valence-electron chi connectivity index (χ3n) is 16.4. The Morgan fingerprint density at radius 2 is 0.806 bits per heavy atom. The van der Waals surface area contributed by atoms with Crippen molar-refractivity contribution in [2.24, 2.45) is 11.8 Å². The van der Waals surface area contributed by atoms with Crippen molar-refractivity contribution in [3.8, 4) is 0 Å².